The molecule has 4 heteroatoms. The third-order valence-electron chi connectivity index (χ3n) is 1.74. The van der Waals surface area contributed by atoms with Crippen LogP contribution in [0.2, 0.25) is 0 Å². The normalized spacial score (nSPS) is 10.4. The molecule has 64 valence electrons. The van der Waals surface area contributed by atoms with Crippen LogP contribution in [0, 0.1) is 0 Å². The Hall–Kier alpha value is -0.865. The molecule has 0 unspecified atom stereocenters. The van der Waals surface area contributed by atoms with Gasteiger partial charge in [-0.1, -0.05) is 19.9 Å². The molecule has 0 fully saturated rings. The number of hydrogen-bond donors (Lipinski definition) is 2. The molecule has 0 atom stereocenters. The van der Waals surface area contributed by atoms with Crippen molar-refractivity contribution in [3.8, 4) is 0 Å². The first-order valence-electron chi connectivity index (χ1n) is 3.94. The van der Waals surface area contributed by atoms with Gasteiger partial charge < -0.3 is 10.0 Å². The molecule has 0 saturated carbocycles. The molecule has 2 N–H and O–H groups in total. The lowest BCUT2D eigenvalue weighted by atomic mass is 9.79. The van der Waals surface area contributed by atoms with Gasteiger partial charge in [0.1, 0.15) is 0 Å². The fraction of sp³-hybridized carbons (Fsp3) is 0.375. The van der Waals surface area contributed by atoms with Crippen molar-refractivity contribution in [2.75, 3.05) is 0 Å². The van der Waals surface area contributed by atoms with Crippen molar-refractivity contribution >= 4 is 12.7 Å². The summed E-state index contributed by atoms with van der Waals surface area (Å²) in [7, 11) is -1.47. The van der Waals surface area contributed by atoms with Crippen LogP contribution in [0.25, 0.3) is 0 Å². The summed E-state index contributed by atoms with van der Waals surface area (Å²) in [6.45, 7) is 3.98. The van der Waals surface area contributed by atoms with E-state index in [-0.39, 0.29) is 5.92 Å². The van der Waals surface area contributed by atoms with E-state index in [4.69, 9.17) is 10.0 Å². The van der Waals surface area contributed by atoms with Crippen molar-refractivity contribution in [2.45, 2.75) is 19.8 Å². The molecule has 12 heavy (non-hydrogen) atoms. The number of rotatable bonds is 2. The molecule has 1 aromatic heterocycles. The molecule has 0 bridgehead atoms. The SMILES string of the molecule is CC(C)c1cccnc1B(O)O. The molecule has 0 radical (unpaired) electrons. The molecule has 1 rings (SSSR count). The third-order valence-corrected chi connectivity index (χ3v) is 1.74. The maximum Gasteiger partial charge on any atom is 0.508 e. The lowest BCUT2D eigenvalue weighted by Gasteiger charge is -2.09. The average molecular weight is 165 g/mol. The minimum absolute atomic E-state index is 0.260. The van der Waals surface area contributed by atoms with Crippen LogP contribution in [-0.4, -0.2) is 22.2 Å². The van der Waals surface area contributed by atoms with E-state index in [2.05, 4.69) is 4.98 Å². The number of aromatic nitrogens is 1. The summed E-state index contributed by atoms with van der Waals surface area (Å²) in [5.41, 5.74) is 1.24. The van der Waals surface area contributed by atoms with Gasteiger partial charge in [-0.2, -0.15) is 0 Å². The maximum atomic E-state index is 8.95. The number of nitrogens with zero attached hydrogens (tertiary/aromatic N) is 1. The van der Waals surface area contributed by atoms with Crippen LogP contribution in [0.4, 0.5) is 0 Å². The topological polar surface area (TPSA) is 53.4 Å². The maximum absolute atomic E-state index is 8.95. The van der Waals surface area contributed by atoms with Crippen LogP contribution in [0.3, 0.4) is 0 Å². The average Bonchev–Trinajstić information content (AvgIpc) is 2.04. The first-order valence-corrected chi connectivity index (χ1v) is 3.94. The van der Waals surface area contributed by atoms with Gasteiger partial charge in [0.15, 0.2) is 0 Å². The minimum atomic E-state index is -1.47. The highest BCUT2D eigenvalue weighted by atomic mass is 16.4. The highest BCUT2D eigenvalue weighted by Crippen LogP contribution is 2.09. The van der Waals surface area contributed by atoms with Crippen molar-refractivity contribution in [1.82, 2.24) is 4.98 Å². The molecular formula is C8H12BNO2. The molecule has 1 heterocycles. The lowest BCUT2D eigenvalue weighted by molar-refractivity contribution is 0.423. The van der Waals surface area contributed by atoms with E-state index in [1.54, 1.807) is 12.3 Å². The van der Waals surface area contributed by atoms with E-state index < -0.39 is 7.12 Å². The van der Waals surface area contributed by atoms with Gasteiger partial charge in [-0.15, -0.1) is 0 Å². The molecule has 0 aliphatic carbocycles. The van der Waals surface area contributed by atoms with Crippen molar-refractivity contribution in [3.63, 3.8) is 0 Å². The zero-order valence-corrected chi connectivity index (χ0v) is 7.23. The molecule has 0 aromatic carbocycles. The summed E-state index contributed by atoms with van der Waals surface area (Å²) in [6, 6.07) is 3.65. The number of hydrogen-bond acceptors (Lipinski definition) is 3. The molecule has 0 amide bonds. The van der Waals surface area contributed by atoms with E-state index in [1.807, 2.05) is 19.9 Å². The van der Waals surface area contributed by atoms with Gasteiger partial charge in [0, 0.05) is 6.20 Å². The minimum Gasteiger partial charge on any atom is -0.422 e. The van der Waals surface area contributed by atoms with Gasteiger partial charge >= 0.3 is 7.12 Å². The summed E-state index contributed by atoms with van der Waals surface area (Å²) in [5.74, 6) is 0.260. The van der Waals surface area contributed by atoms with Crippen molar-refractivity contribution in [3.05, 3.63) is 23.9 Å². The predicted octanol–water partition coefficient (Wildman–Crippen LogP) is -0.115. The van der Waals surface area contributed by atoms with Crippen LogP contribution >= 0.6 is 0 Å². The molecule has 1 aromatic rings. The van der Waals surface area contributed by atoms with E-state index in [0.29, 0.717) is 5.59 Å². The third kappa shape index (κ3) is 1.84. The fourth-order valence-corrected chi connectivity index (χ4v) is 1.13. The van der Waals surface area contributed by atoms with Crippen molar-refractivity contribution in [1.29, 1.82) is 0 Å². The summed E-state index contributed by atoms with van der Waals surface area (Å²) < 4.78 is 0. The van der Waals surface area contributed by atoms with E-state index >= 15 is 0 Å². The van der Waals surface area contributed by atoms with Crippen molar-refractivity contribution < 1.29 is 10.0 Å². The van der Waals surface area contributed by atoms with Gasteiger partial charge in [-0.3, -0.25) is 4.98 Å². The molecular weight excluding hydrogens is 153 g/mol. The smallest absolute Gasteiger partial charge is 0.422 e. The van der Waals surface area contributed by atoms with Crippen LogP contribution < -0.4 is 5.59 Å². The molecule has 0 spiro atoms. The van der Waals surface area contributed by atoms with Gasteiger partial charge in [0.2, 0.25) is 0 Å². The first-order chi connectivity index (χ1) is 5.63. The highest BCUT2D eigenvalue weighted by Gasteiger charge is 2.18. The lowest BCUT2D eigenvalue weighted by Crippen LogP contribution is -2.36. The van der Waals surface area contributed by atoms with E-state index in [9.17, 15) is 0 Å². The van der Waals surface area contributed by atoms with Gasteiger partial charge in [-0.25, -0.2) is 0 Å². The standard InChI is InChI=1S/C8H12BNO2/c1-6(2)7-4-3-5-10-8(7)9(11)12/h3-6,11-12H,1-2H3. The highest BCUT2D eigenvalue weighted by molar-refractivity contribution is 6.58. The Kier molecular flexibility index (Phi) is 2.84. The fourth-order valence-electron chi connectivity index (χ4n) is 1.13. The summed E-state index contributed by atoms with van der Waals surface area (Å²) >= 11 is 0. The zero-order chi connectivity index (χ0) is 9.14. The van der Waals surface area contributed by atoms with E-state index in [0.717, 1.165) is 5.56 Å². The predicted molar refractivity (Wildman–Crippen MR) is 48.2 cm³/mol. The molecule has 0 aliphatic rings. The quantitative estimate of drug-likeness (QED) is 0.601. The first kappa shape index (κ1) is 9.22. The Labute approximate surface area is 72.2 Å². The van der Waals surface area contributed by atoms with Crippen LogP contribution in [0.1, 0.15) is 25.3 Å². The summed E-state index contributed by atoms with van der Waals surface area (Å²) in [5, 5.41) is 17.9. The van der Waals surface area contributed by atoms with Crippen LogP contribution in [-0.2, 0) is 0 Å². The summed E-state index contributed by atoms with van der Waals surface area (Å²) in [4.78, 5) is 3.90. The summed E-state index contributed by atoms with van der Waals surface area (Å²) in [6.07, 6.45) is 1.56. The Bertz CT molecular complexity index is 236. The Morgan fingerprint density at radius 3 is 2.50 bits per heavy atom. The second-order valence-corrected chi connectivity index (χ2v) is 3.01. The van der Waals surface area contributed by atoms with Gasteiger partial charge in [-0.05, 0) is 17.5 Å². The molecule has 0 saturated heterocycles. The Balaban J connectivity index is 3.09. The number of pyridine rings is 1. The second-order valence-electron chi connectivity index (χ2n) is 3.01. The van der Waals surface area contributed by atoms with Gasteiger partial charge in [0.05, 0.1) is 5.59 Å². The Morgan fingerprint density at radius 1 is 1.42 bits per heavy atom. The van der Waals surface area contributed by atoms with Crippen molar-refractivity contribution in [2.24, 2.45) is 0 Å². The molecule has 3 nitrogen and oxygen atoms in total. The van der Waals surface area contributed by atoms with Crippen LogP contribution in [0.5, 0.6) is 0 Å². The van der Waals surface area contributed by atoms with Gasteiger partial charge in [0.25, 0.3) is 0 Å². The molecule has 0 aliphatic heterocycles. The monoisotopic (exact) mass is 165 g/mol. The van der Waals surface area contributed by atoms with Crippen LogP contribution in [0.15, 0.2) is 18.3 Å². The Morgan fingerprint density at radius 2 is 2.08 bits per heavy atom. The zero-order valence-electron chi connectivity index (χ0n) is 7.23. The largest absolute Gasteiger partial charge is 0.508 e. The van der Waals surface area contributed by atoms with E-state index in [1.165, 1.54) is 0 Å². The second kappa shape index (κ2) is 3.69.